The second-order valence-electron chi connectivity index (χ2n) is 5.61. The van der Waals surface area contributed by atoms with Crippen molar-refractivity contribution in [3.05, 3.63) is 22.4 Å². The third-order valence-corrected chi connectivity index (χ3v) is 4.64. The highest BCUT2D eigenvalue weighted by Gasteiger charge is 2.20. The van der Waals surface area contributed by atoms with Gasteiger partial charge in [0.15, 0.2) is 0 Å². The number of rotatable bonds is 7. The molecule has 22 heavy (non-hydrogen) atoms. The average molecular weight is 324 g/mol. The number of amides is 2. The highest BCUT2D eigenvalue weighted by Crippen LogP contribution is 2.19. The van der Waals surface area contributed by atoms with Crippen LogP contribution in [-0.4, -0.2) is 49.4 Å². The van der Waals surface area contributed by atoms with E-state index in [4.69, 9.17) is 5.73 Å². The van der Waals surface area contributed by atoms with Gasteiger partial charge in [-0.3, -0.25) is 14.5 Å². The van der Waals surface area contributed by atoms with Gasteiger partial charge in [-0.1, -0.05) is 6.07 Å². The van der Waals surface area contributed by atoms with Gasteiger partial charge in [-0.05, 0) is 36.8 Å². The fraction of sp³-hybridized carbons (Fsp3) is 0.600. The van der Waals surface area contributed by atoms with Gasteiger partial charge in [-0.15, -0.1) is 11.3 Å². The first-order valence-electron chi connectivity index (χ1n) is 7.65. The Morgan fingerprint density at radius 3 is 2.95 bits per heavy atom. The van der Waals surface area contributed by atoms with Crippen LogP contribution in [0.1, 0.15) is 17.7 Å². The van der Waals surface area contributed by atoms with E-state index in [1.807, 2.05) is 0 Å². The highest BCUT2D eigenvalue weighted by atomic mass is 32.1. The zero-order valence-electron chi connectivity index (χ0n) is 12.7. The predicted molar refractivity (Wildman–Crippen MR) is 87.4 cm³/mol. The lowest BCUT2D eigenvalue weighted by Gasteiger charge is -2.32. The van der Waals surface area contributed by atoms with Crippen LogP contribution in [0, 0.1) is 5.92 Å². The number of nitrogens with zero attached hydrogens (tertiary/aromatic N) is 1. The molecule has 1 aromatic heterocycles. The summed E-state index contributed by atoms with van der Waals surface area (Å²) in [6.07, 6.45) is 2.30. The number of carbonyl (C=O) groups is 2. The van der Waals surface area contributed by atoms with Crippen LogP contribution in [0.25, 0.3) is 0 Å². The van der Waals surface area contributed by atoms with E-state index in [0.717, 1.165) is 32.5 Å². The maximum absolute atomic E-state index is 11.7. The fourth-order valence-corrected chi connectivity index (χ4v) is 3.40. The minimum Gasteiger partial charge on any atom is -0.354 e. The van der Waals surface area contributed by atoms with Crippen LogP contribution >= 0.6 is 11.3 Å². The van der Waals surface area contributed by atoms with Crippen LogP contribution in [0.15, 0.2) is 17.5 Å². The molecule has 2 rings (SSSR count). The Hall–Kier alpha value is -1.44. The van der Waals surface area contributed by atoms with Crippen LogP contribution < -0.4 is 16.4 Å². The summed E-state index contributed by atoms with van der Waals surface area (Å²) in [6.45, 7) is 3.70. The summed E-state index contributed by atoms with van der Waals surface area (Å²) < 4.78 is 0. The van der Waals surface area contributed by atoms with E-state index in [9.17, 15) is 9.59 Å². The average Bonchev–Trinajstić information content (AvgIpc) is 3.04. The minimum absolute atomic E-state index is 0.00165. The second-order valence-corrected chi connectivity index (χ2v) is 6.64. The van der Waals surface area contributed by atoms with Crippen molar-refractivity contribution in [3.63, 3.8) is 0 Å². The molecule has 0 radical (unpaired) electrons. The van der Waals surface area contributed by atoms with Gasteiger partial charge in [0.05, 0.1) is 13.1 Å². The molecule has 0 saturated carbocycles. The smallest absolute Gasteiger partial charge is 0.239 e. The molecule has 1 aromatic rings. The van der Waals surface area contributed by atoms with E-state index in [-0.39, 0.29) is 24.9 Å². The summed E-state index contributed by atoms with van der Waals surface area (Å²) in [5.41, 5.74) is 5.17. The van der Waals surface area contributed by atoms with Crippen molar-refractivity contribution >= 4 is 23.2 Å². The van der Waals surface area contributed by atoms with E-state index in [2.05, 4.69) is 33.0 Å². The van der Waals surface area contributed by atoms with E-state index < -0.39 is 0 Å². The molecule has 2 amide bonds. The van der Waals surface area contributed by atoms with Gasteiger partial charge in [0, 0.05) is 24.5 Å². The molecule has 1 saturated heterocycles. The molecule has 1 aliphatic heterocycles. The Kier molecular flexibility index (Phi) is 6.82. The summed E-state index contributed by atoms with van der Waals surface area (Å²) in [4.78, 5) is 26.5. The molecule has 4 N–H and O–H groups in total. The van der Waals surface area contributed by atoms with Crippen LogP contribution in [0.2, 0.25) is 0 Å². The predicted octanol–water partition coefficient (Wildman–Crippen LogP) is 0.151. The van der Waals surface area contributed by atoms with Crippen molar-refractivity contribution in [2.45, 2.75) is 19.4 Å². The van der Waals surface area contributed by atoms with Crippen molar-refractivity contribution in [2.24, 2.45) is 11.7 Å². The third-order valence-electron chi connectivity index (χ3n) is 3.78. The van der Waals surface area contributed by atoms with Gasteiger partial charge in [-0.2, -0.15) is 0 Å². The molecule has 0 bridgehead atoms. The first-order chi connectivity index (χ1) is 10.7. The normalized spacial score (nSPS) is 18.9. The van der Waals surface area contributed by atoms with Crippen LogP contribution in [0.5, 0.6) is 0 Å². The number of thiophene rings is 1. The van der Waals surface area contributed by atoms with Crippen LogP contribution in [0.4, 0.5) is 0 Å². The number of hydrogen-bond acceptors (Lipinski definition) is 5. The summed E-state index contributed by atoms with van der Waals surface area (Å²) in [7, 11) is 0. The standard InChI is InChI=1S/C15H24N4O2S/c16-7-14(20)18-9-15(21)17-8-12-3-1-5-19(10-12)11-13-4-2-6-22-13/h2,4,6,12H,1,3,5,7-11,16H2,(H,17,21)(H,18,20). The molecular weight excluding hydrogens is 300 g/mol. The van der Waals surface area contributed by atoms with Crippen LogP contribution in [-0.2, 0) is 16.1 Å². The van der Waals surface area contributed by atoms with E-state index in [0.29, 0.717) is 12.5 Å². The number of piperidine rings is 1. The Bertz CT molecular complexity index is 478. The van der Waals surface area contributed by atoms with Crippen molar-refractivity contribution < 1.29 is 9.59 Å². The number of nitrogens with two attached hydrogens (primary N) is 1. The SMILES string of the molecule is NCC(=O)NCC(=O)NCC1CCCN(Cc2cccs2)C1. The lowest BCUT2D eigenvalue weighted by atomic mass is 9.98. The van der Waals surface area contributed by atoms with Gasteiger partial charge in [0.1, 0.15) is 0 Å². The molecule has 1 aliphatic rings. The monoisotopic (exact) mass is 324 g/mol. The molecular formula is C15H24N4O2S. The number of likely N-dealkylation sites (tertiary alicyclic amines) is 1. The first kappa shape index (κ1) is 16.9. The molecule has 1 unspecified atom stereocenters. The maximum Gasteiger partial charge on any atom is 0.239 e. The van der Waals surface area contributed by atoms with Crippen molar-refractivity contribution in [2.75, 3.05) is 32.7 Å². The highest BCUT2D eigenvalue weighted by molar-refractivity contribution is 7.09. The van der Waals surface area contributed by atoms with Crippen molar-refractivity contribution in [1.29, 1.82) is 0 Å². The Labute approximate surface area is 135 Å². The van der Waals surface area contributed by atoms with Gasteiger partial charge in [-0.25, -0.2) is 0 Å². The third kappa shape index (κ3) is 5.75. The van der Waals surface area contributed by atoms with E-state index >= 15 is 0 Å². The van der Waals surface area contributed by atoms with Gasteiger partial charge < -0.3 is 16.4 Å². The molecule has 2 heterocycles. The topological polar surface area (TPSA) is 87.5 Å². The minimum atomic E-state index is -0.310. The molecule has 0 spiro atoms. The lowest BCUT2D eigenvalue weighted by molar-refractivity contribution is -0.125. The number of nitrogens with one attached hydrogen (secondary N) is 2. The van der Waals surface area contributed by atoms with Crippen molar-refractivity contribution in [3.8, 4) is 0 Å². The van der Waals surface area contributed by atoms with Gasteiger partial charge in [0.2, 0.25) is 11.8 Å². The Morgan fingerprint density at radius 2 is 2.23 bits per heavy atom. The Balaban J connectivity index is 1.67. The largest absolute Gasteiger partial charge is 0.354 e. The van der Waals surface area contributed by atoms with E-state index in [1.54, 1.807) is 11.3 Å². The molecule has 7 heteroatoms. The van der Waals surface area contributed by atoms with Gasteiger partial charge in [0.25, 0.3) is 0 Å². The molecule has 6 nitrogen and oxygen atoms in total. The molecule has 1 atom stereocenters. The summed E-state index contributed by atoms with van der Waals surface area (Å²) >= 11 is 1.79. The molecule has 1 fully saturated rings. The molecule has 0 aromatic carbocycles. The first-order valence-corrected chi connectivity index (χ1v) is 8.53. The fourth-order valence-electron chi connectivity index (χ4n) is 2.66. The van der Waals surface area contributed by atoms with Gasteiger partial charge >= 0.3 is 0 Å². The zero-order chi connectivity index (χ0) is 15.8. The van der Waals surface area contributed by atoms with Crippen molar-refractivity contribution in [1.82, 2.24) is 15.5 Å². The second kappa shape index (κ2) is 8.87. The van der Waals surface area contributed by atoms with Crippen LogP contribution in [0.3, 0.4) is 0 Å². The maximum atomic E-state index is 11.7. The molecule has 0 aliphatic carbocycles. The Morgan fingerprint density at radius 1 is 1.36 bits per heavy atom. The summed E-state index contributed by atoms with van der Waals surface area (Å²) in [5, 5.41) is 7.47. The number of carbonyl (C=O) groups excluding carboxylic acids is 2. The summed E-state index contributed by atoms with van der Waals surface area (Å²) in [5.74, 6) is 0.00925. The summed E-state index contributed by atoms with van der Waals surface area (Å²) in [6, 6.07) is 4.24. The lowest BCUT2D eigenvalue weighted by Crippen LogP contribution is -2.44. The zero-order valence-corrected chi connectivity index (χ0v) is 13.5. The number of hydrogen-bond donors (Lipinski definition) is 3. The van der Waals surface area contributed by atoms with E-state index in [1.165, 1.54) is 4.88 Å². The molecule has 122 valence electrons. The quantitative estimate of drug-likeness (QED) is 0.666.